The number of amidine groups is 3. The number of likely N-dealkylation sites (N-methyl/N-ethyl adjacent to an activating group) is 1. The molecule has 0 spiro atoms. The molecule has 1 fully saturated rings. The van der Waals surface area contributed by atoms with E-state index in [1.54, 1.807) is 11.8 Å². The number of unbranched alkanes of at least 4 members (excludes halogenated alkanes) is 1. The largest absolute Gasteiger partial charge is 0.394 e. The number of nitrogens with zero attached hydrogens (tertiary/aromatic N) is 5. The molecule has 3 aliphatic heterocycles. The van der Waals surface area contributed by atoms with Crippen LogP contribution < -0.4 is 11.6 Å². The number of aliphatic imine (C=N–C) groups is 3. The molecule has 190 valence electrons. The summed E-state index contributed by atoms with van der Waals surface area (Å²) in [6.07, 6.45) is -1.15. The fraction of sp³-hybridized carbons (Fsp3) is 0.824. The molecule has 3 aliphatic rings. The van der Waals surface area contributed by atoms with Gasteiger partial charge in [0.1, 0.15) is 30.5 Å². The van der Waals surface area contributed by atoms with Crippen molar-refractivity contribution in [2.75, 3.05) is 26.9 Å². The van der Waals surface area contributed by atoms with Crippen LogP contribution in [0.3, 0.4) is 0 Å². The van der Waals surface area contributed by atoms with Crippen molar-refractivity contribution < 1.29 is 37.3 Å². The third-order valence-corrected chi connectivity index (χ3v) is 5.53. The van der Waals surface area contributed by atoms with Gasteiger partial charge in [-0.25, -0.2) is 20.9 Å². The number of aliphatic hydroxyl groups is 2. The summed E-state index contributed by atoms with van der Waals surface area (Å²) in [6, 6.07) is 0. The second-order valence-corrected chi connectivity index (χ2v) is 8.65. The molecule has 0 bridgehead atoms. The van der Waals surface area contributed by atoms with Crippen molar-refractivity contribution in [3.05, 3.63) is 0 Å². The van der Waals surface area contributed by atoms with Gasteiger partial charge in [-0.15, -0.1) is 0 Å². The van der Waals surface area contributed by atoms with E-state index >= 15 is 0 Å². The SMILES string of the molecule is CCC1=NC2(N(C)CCCCON)C(N)=NCN=C2N1[C@@H]1O[C@H](C)[C@@H](O)[C@H]1O.O=S(=O)(O)O. The standard InChI is InChI=1S/C17H31N7O4.H2O4S/c1-4-11-22-17(23(3)7-5-6-8-27-19)15(18)20-9-21-16(17)24(11)14-13(26)12(25)10(2)28-14;1-5(2,3)4/h10,12-14,25-26H,4-9,19H2,1-3H3,(H2,18,20);(H2,1,2,3,4)/t10-,12-,13-,14-,17?;/m1./s1. The highest BCUT2D eigenvalue weighted by atomic mass is 32.3. The van der Waals surface area contributed by atoms with Crippen molar-refractivity contribution in [1.29, 1.82) is 0 Å². The van der Waals surface area contributed by atoms with Crippen molar-refractivity contribution >= 4 is 27.9 Å². The van der Waals surface area contributed by atoms with Crippen molar-refractivity contribution in [2.45, 2.75) is 63.3 Å². The van der Waals surface area contributed by atoms with Crippen LogP contribution in [0.2, 0.25) is 0 Å². The van der Waals surface area contributed by atoms with E-state index in [4.69, 9.17) is 38.9 Å². The fourth-order valence-electron chi connectivity index (χ4n) is 3.93. The lowest BCUT2D eigenvalue weighted by atomic mass is 10.0. The first-order valence-electron chi connectivity index (χ1n) is 10.4. The van der Waals surface area contributed by atoms with E-state index in [0.29, 0.717) is 37.1 Å². The molecule has 15 nitrogen and oxygen atoms in total. The number of aliphatic hydroxyl groups excluding tert-OH is 2. The molecule has 0 aromatic carbocycles. The zero-order valence-electron chi connectivity index (χ0n) is 18.8. The van der Waals surface area contributed by atoms with Gasteiger partial charge in [-0.2, -0.15) is 8.42 Å². The second-order valence-electron chi connectivity index (χ2n) is 7.75. The van der Waals surface area contributed by atoms with Crippen LogP contribution in [0.4, 0.5) is 0 Å². The first kappa shape index (κ1) is 27.5. The molecular weight excluding hydrogens is 462 g/mol. The maximum atomic E-state index is 10.6. The van der Waals surface area contributed by atoms with E-state index in [0.717, 1.165) is 12.8 Å². The fourth-order valence-corrected chi connectivity index (χ4v) is 3.93. The summed E-state index contributed by atoms with van der Waals surface area (Å²) >= 11 is 0. The van der Waals surface area contributed by atoms with E-state index in [-0.39, 0.29) is 6.67 Å². The number of nitrogens with two attached hydrogens (primary N) is 2. The van der Waals surface area contributed by atoms with Gasteiger partial charge in [0.2, 0.25) is 5.66 Å². The highest BCUT2D eigenvalue weighted by Gasteiger charge is 2.57. The Labute approximate surface area is 192 Å². The Kier molecular flexibility index (Phi) is 9.25. The van der Waals surface area contributed by atoms with Crippen LogP contribution in [0.15, 0.2) is 15.0 Å². The van der Waals surface area contributed by atoms with Crippen molar-refractivity contribution in [1.82, 2.24) is 9.80 Å². The number of fused-ring (bicyclic) bond motifs is 1. The van der Waals surface area contributed by atoms with Gasteiger partial charge >= 0.3 is 10.4 Å². The molecule has 1 unspecified atom stereocenters. The van der Waals surface area contributed by atoms with Gasteiger partial charge in [0.05, 0.1) is 12.7 Å². The molecule has 1 saturated heterocycles. The molecule has 5 atom stereocenters. The zero-order chi connectivity index (χ0) is 25.0. The van der Waals surface area contributed by atoms with E-state index in [9.17, 15) is 10.2 Å². The minimum atomic E-state index is -4.67. The van der Waals surface area contributed by atoms with Crippen LogP contribution in [-0.4, -0.2) is 112 Å². The van der Waals surface area contributed by atoms with E-state index in [2.05, 4.69) is 14.8 Å². The Morgan fingerprint density at radius 2 is 1.91 bits per heavy atom. The number of rotatable bonds is 8. The maximum Gasteiger partial charge on any atom is 0.394 e. The minimum absolute atomic E-state index is 0.182. The highest BCUT2D eigenvalue weighted by Crippen LogP contribution is 2.36. The first-order chi connectivity index (χ1) is 15.4. The van der Waals surface area contributed by atoms with Crippen LogP contribution in [0.5, 0.6) is 0 Å². The molecule has 33 heavy (non-hydrogen) atoms. The molecule has 16 heteroatoms. The Balaban J connectivity index is 0.000000696. The normalized spacial score (nSPS) is 31.5. The monoisotopic (exact) mass is 495 g/mol. The lowest BCUT2D eigenvalue weighted by molar-refractivity contribution is -0.0338. The van der Waals surface area contributed by atoms with Crippen molar-refractivity contribution in [3.63, 3.8) is 0 Å². The topological polar surface area (TPSA) is 229 Å². The lowest BCUT2D eigenvalue weighted by Crippen LogP contribution is -2.64. The van der Waals surface area contributed by atoms with Gasteiger partial charge in [0.25, 0.3) is 0 Å². The molecule has 0 saturated carbocycles. The van der Waals surface area contributed by atoms with Gasteiger partial charge in [0.15, 0.2) is 12.1 Å². The summed E-state index contributed by atoms with van der Waals surface area (Å²) in [7, 11) is -2.75. The predicted octanol–water partition coefficient (Wildman–Crippen LogP) is -2.05. The zero-order valence-corrected chi connectivity index (χ0v) is 19.6. The van der Waals surface area contributed by atoms with Crippen LogP contribution in [0.1, 0.15) is 33.1 Å². The van der Waals surface area contributed by atoms with Gasteiger partial charge in [-0.05, 0) is 26.8 Å². The maximum absolute atomic E-state index is 10.6. The summed E-state index contributed by atoms with van der Waals surface area (Å²) < 4.78 is 37.4. The minimum Gasteiger partial charge on any atom is -0.388 e. The highest BCUT2D eigenvalue weighted by molar-refractivity contribution is 7.79. The number of hydrogen-bond acceptors (Lipinski definition) is 13. The summed E-state index contributed by atoms with van der Waals surface area (Å²) in [6.45, 7) is 5.01. The molecule has 0 aromatic heterocycles. The quantitative estimate of drug-likeness (QED) is 0.121. The Bertz CT molecular complexity index is 875. The molecule has 0 aromatic rings. The van der Waals surface area contributed by atoms with Crippen molar-refractivity contribution in [3.8, 4) is 0 Å². The molecule has 3 rings (SSSR count). The van der Waals surface area contributed by atoms with Crippen LogP contribution in [0, 0.1) is 0 Å². The molecule has 0 amide bonds. The summed E-state index contributed by atoms with van der Waals surface area (Å²) in [5.74, 6) is 6.70. The predicted molar refractivity (Wildman–Crippen MR) is 119 cm³/mol. The summed E-state index contributed by atoms with van der Waals surface area (Å²) in [4.78, 5) is 22.2. The number of hydrogen-bond donors (Lipinski definition) is 6. The average molecular weight is 496 g/mol. The Morgan fingerprint density at radius 1 is 1.27 bits per heavy atom. The van der Waals surface area contributed by atoms with Gasteiger partial charge in [0, 0.05) is 13.0 Å². The van der Waals surface area contributed by atoms with Crippen LogP contribution >= 0.6 is 0 Å². The first-order valence-corrected chi connectivity index (χ1v) is 11.8. The van der Waals surface area contributed by atoms with E-state index in [1.165, 1.54) is 0 Å². The van der Waals surface area contributed by atoms with Gasteiger partial charge in [-0.1, -0.05) is 6.92 Å². The molecular formula is C17H33N7O8S. The summed E-state index contributed by atoms with van der Waals surface area (Å²) in [5, 5.41) is 20.7. The lowest BCUT2D eigenvalue weighted by Gasteiger charge is -2.40. The number of ether oxygens (including phenoxy) is 1. The van der Waals surface area contributed by atoms with Gasteiger partial charge < -0.3 is 25.5 Å². The van der Waals surface area contributed by atoms with E-state index < -0.39 is 40.6 Å². The third-order valence-electron chi connectivity index (χ3n) is 5.53. The van der Waals surface area contributed by atoms with Crippen molar-refractivity contribution in [2.24, 2.45) is 26.6 Å². The average Bonchev–Trinajstić information content (AvgIpc) is 3.20. The summed E-state index contributed by atoms with van der Waals surface area (Å²) in [5.41, 5.74) is 5.30. The Morgan fingerprint density at radius 3 is 2.42 bits per heavy atom. The molecule has 0 aliphatic carbocycles. The molecule has 8 N–H and O–H groups in total. The van der Waals surface area contributed by atoms with Gasteiger partial charge in [-0.3, -0.25) is 18.9 Å². The Hall–Kier alpha value is -1.76. The third kappa shape index (κ3) is 6.03. The second kappa shape index (κ2) is 11.1. The van der Waals surface area contributed by atoms with Crippen LogP contribution in [0.25, 0.3) is 0 Å². The van der Waals surface area contributed by atoms with Crippen LogP contribution in [-0.2, 0) is 20.0 Å². The smallest absolute Gasteiger partial charge is 0.388 e. The molecule has 3 heterocycles. The van der Waals surface area contributed by atoms with E-state index in [1.807, 2.05) is 18.9 Å². The molecule has 0 radical (unpaired) electrons.